The van der Waals surface area contributed by atoms with E-state index >= 15 is 0 Å². The average molecular weight is 287 g/mol. The Morgan fingerprint density at radius 1 is 1.56 bits per heavy atom. The fourth-order valence-corrected chi connectivity index (χ4v) is 4.44. The molecule has 2 unspecified atom stereocenters. The van der Waals surface area contributed by atoms with Gasteiger partial charge in [0.15, 0.2) is 0 Å². The predicted molar refractivity (Wildman–Crippen MR) is 76.9 cm³/mol. The SMILES string of the molecule is CS(=O)(=O)CCCC(N)C1CCCc2sccc21. The van der Waals surface area contributed by atoms with Gasteiger partial charge in [-0.2, -0.15) is 0 Å². The van der Waals surface area contributed by atoms with E-state index in [1.54, 1.807) is 0 Å². The Balaban J connectivity index is 1.93. The smallest absolute Gasteiger partial charge is 0.147 e. The lowest BCUT2D eigenvalue weighted by Gasteiger charge is -2.28. The van der Waals surface area contributed by atoms with E-state index in [0.717, 1.165) is 12.8 Å². The third-order valence-electron chi connectivity index (χ3n) is 3.67. The van der Waals surface area contributed by atoms with Crippen molar-refractivity contribution in [3.05, 3.63) is 21.9 Å². The summed E-state index contributed by atoms with van der Waals surface area (Å²) < 4.78 is 22.2. The molecule has 102 valence electrons. The molecule has 18 heavy (non-hydrogen) atoms. The second-order valence-electron chi connectivity index (χ2n) is 5.23. The van der Waals surface area contributed by atoms with Gasteiger partial charge in [0.05, 0.1) is 0 Å². The van der Waals surface area contributed by atoms with Gasteiger partial charge in [-0.15, -0.1) is 11.3 Å². The van der Waals surface area contributed by atoms with E-state index in [0.29, 0.717) is 12.3 Å². The second-order valence-corrected chi connectivity index (χ2v) is 8.49. The highest BCUT2D eigenvalue weighted by Crippen LogP contribution is 2.37. The summed E-state index contributed by atoms with van der Waals surface area (Å²) in [6.45, 7) is 0. The molecule has 0 fully saturated rings. The number of fused-ring (bicyclic) bond motifs is 1. The lowest BCUT2D eigenvalue weighted by molar-refractivity contribution is 0.441. The molecule has 2 rings (SSSR count). The molecule has 3 nitrogen and oxygen atoms in total. The maximum absolute atomic E-state index is 11.1. The summed E-state index contributed by atoms with van der Waals surface area (Å²) in [5, 5.41) is 2.15. The zero-order chi connectivity index (χ0) is 13.2. The maximum atomic E-state index is 11.1. The van der Waals surface area contributed by atoms with Crippen molar-refractivity contribution in [3.8, 4) is 0 Å². The lowest BCUT2D eigenvalue weighted by atomic mass is 9.81. The minimum absolute atomic E-state index is 0.0976. The maximum Gasteiger partial charge on any atom is 0.147 e. The van der Waals surface area contributed by atoms with E-state index in [2.05, 4.69) is 11.4 Å². The number of hydrogen-bond acceptors (Lipinski definition) is 4. The summed E-state index contributed by atoms with van der Waals surface area (Å²) in [5.41, 5.74) is 7.68. The van der Waals surface area contributed by atoms with Gasteiger partial charge in [-0.1, -0.05) is 0 Å². The van der Waals surface area contributed by atoms with E-state index in [1.807, 2.05) is 11.3 Å². The fourth-order valence-electron chi connectivity index (χ4n) is 2.75. The van der Waals surface area contributed by atoms with E-state index < -0.39 is 9.84 Å². The molecule has 0 saturated carbocycles. The first-order valence-electron chi connectivity index (χ1n) is 6.47. The molecule has 1 aliphatic rings. The number of nitrogens with two attached hydrogens (primary N) is 1. The van der Waals surface area contributed by atoms with Gasteiger partial charge in [0.2, 0.25) is 0 Å². The van der Waals surface area contributed by atoms with Crippen LogP contribution in [0.3, 0.4) is 0 Å². The van der Waals surface area contributed by atoms with Crippen LogP contribution in [-0.4, -0.2) is 26.5 Å². The standard InChI is InChI=1S/C13H21NO2S2/c1-18(15,16)9-3-5-12(14)10-4-2-6-13-11(10)7-8-17-13/h7-8,10,12H,2-6,9,14H2,1H3. The van der Waals surface area contributed by atoms with Crippen LogP contribution in [0.15, 0.2) is 11.4 Å². The Labute approximate surface area is 113 Å². The normalized spacial score (nSPS) is 21.6. The number of thiophene rings is 1. The molecule has 0 spiro atoms. The van der Waals surface area contributed by atoms with Gasteiger partial charge >= 0.3 is 0 Å². The van der Waals surface area contributed by atoms with Crippen LogP contribution < -0.4 is 5.73 Å². The van der Waals surface area contributed by atoms with E-state index in [9.17, 15) is 8.42 Å². The third-order valence-corrected chi connectivity index (χ3v) is 5.69. The van der Waals surface area contributed by atoms with Crippen LogP contribution in [0.2, 0.25) is 0 Å². The van der Waals surface area contributed by atoms with Crippen LogP contribution in [0.25, 0.3) is 0 Å². The van der Waals surface area contributed by atoms with Gasteiger partial charge in [0.25, 0.3) is 0 Å². The Hall–Kier alpha value is -0.390. The number of sulfone groups is 1. The second kappa shape index (κ2) is 5.72. The Morgan fingerprint density at radius 3 is 3.06 bits per heavy atom. The number of hydrogen-bond donors (Lipinski definition) is 1. The Kier molecular flexibility index (Phi) is 4.45. The van der Waals surface area contributed by atoms with Crippen molar-refractivity contribution >= 4 is 21.2 Å². The first-order chi connectivity index (χ1) is 8.47. The third kappa shape index (κ3) is 3.56. The molecule has 1 aromatic heterocycles. The van der Waals surface area contributed by atoms with Gasteiger partial charge in [0, 0.05) is 28.8 Å². The van der Waals surface area contributed by atoms with Gasteiger partial charge in [-0.25, -0.2) is 8.42 Å². The topological polar surface area (TPSA) is 60.2 Å². The van der Waals surface area contributed by atoms with Crippen LogP contribution in [0, 0.1) is 0 Å². The summed E-state index contributed by atoms with van der Waals surface area (Å²) in [7, 11) is -2.85. The number of aryl methyl sites for hydroxylation is 1. The highest BCUT2D eigenvalue weighted by Gasteiger charge is 2.26. The summed E-state index contributed by atoms with van der Waals surface area (Å²) in [5.74, 6) is 0.684. The van der Waals surface area contributed by atoms with E-state index in [-0.39, 0.29) is 11.8 Å². The van der Waals surface area contributed by atoms with Crippen LogP contribution in [0.1, 0.15) is 42.0 Å². The molecule has 2 atom stereocenters. The molecular weight excluding hydrogens is 266 g/mol. The molecule has 1 heterocycles. The molecule has 0 amide bonds. The van der Waals surface area contributed by atoms with Crippen LogP contribution in [-0.2, 0) is 16.3 Å². The average Bonchev–Trinajstić information content (AvgIpc) is 2.74. The molecule has 0 bridgehead atoms. The lowest BCUT2D eigenvalue weighted by Crippen LogP contribution is -2.30. The molecule has 1 aromatic rings. The molecule has 5 heteroatoms. The van der Waals surface area contributed by atoms with Crippen molar-refractivity contribution in [2.45, 2.75) is 44.1 Å². The monoisotopic (exact) mass is 287 g/mol. The van der Waals surface area contributed by atoms with Crippen molar-refractivity contribution in [1.29, 1.82) is 0 Å². The fraction of sp³-hybridized carbons (Fsp3) is 0.692. The van der Waals surface area contributed by atoms with Crippen molar-refractivity contribution in [3.63, 3.8) is 0 Å². The van der Waals surface area contributed by atoms with Gasteiger partial charge in [0.1, 0.15) is 9.84 Å². The van der Waals surface area contributed by atoms with Crippen molar-refractivity contribution < 1.29 is 8.42 Å². The van der Waals surface area contributed by atoms with Crippen molar-refractivity contribution in [2.24, 2.45) is 5.73 Å². The number of rotatable bonds is 5. The minimum Gasteiger partial charge on any atom is -0.327 e. The molecule has 2 N–H and O–H groups in total. The zero-order valence-electron chi connectivity index (χ0n) is 10.8. The Bertz CT molecular complexity index is 493. The van der Waals surface area contributed by atoms with E-state index in [4.69, 9.17) is 5.73 Å². The first-order valence-corrected chi connectivity index (χ1v) is 9.41. The molecule has 0 radical (unpaired) electrons. The molecule has 0 aromatic carbocycles. The summed E-state index contributed by atoms with van der Waals surface area (Å²) >= 11 is 1.82. The van der Waals surface area contributed by atoms with Crippen LogP contribution in [0.4, 0.5) is 0 Å². The Morgan fingerprint density at radius 2 is 2.33 bits per heavy atom. The van der Waals surface area contributed by atoms with E-state index in [1.165, 1.54) is 29.5 Å². The minimum atomic E-state index is -2.85. The predicted octanol–water partition coefficient (Wildman–Crippen LogP) is 2.32. The van der Waals surface area contributed by atoms with Crippen molar-refractivity contribution in [1.82, 2.24) is 0 Å². The van der Waals surface area contributed by atoms with Gasteiger partial charge in [-0.3, -0.25) is 0 Å². The molecular formula is C13H21NO2S2. The first kappa shape index (κ1) is 14.0. The largest absolute Gasteiger partial charge is 0.327 e. The molecule has 0 aliphatic heterocycles. The summed E-state index contributed by atoms with van der Waals surface area (Å²) in [4.78, 5) is 1.48. The van der Waals surface area contributed by atoms with Crippen LogP contribution in [0.5, 0.6) is 0 Å². The van der Waals surface area contributed by atoms with Crippen molar-refractivity contribution in [2.75, 3.05) is 12.0 Å². The zero-order valence-corrected chi connectivity index (χ0v) is 12.4. The quantitative estimate of drug-likeness (QED) is 0.904. The highest BCUT2D eigenvalue weighted by atomic mass is 32.2. The highest BCUT2D eigenvalue weighted by molar-refractivity contribution is 7.90. The summed E-state index contributed by atoms with van der Waals surface area (Å²) in [6.07, 6.45) is 6.29. The molecule has 0 saturated heterocycles. The van der Waals surface area contributed by atoms with Crippen LogP contribution >= 0.6 is 11.3 Å². The van der Waals surface area contributed by atoms with Gasteiger partial charge in [-0.05, 0) is 49.1 Å². The van der Waals surface area contributed by atoms with Gasteiger partial charge < -0.3 is 5.73 Å². The summed E-state index contributed by atoms with van der Waals surface area (Å²) in [6, 6.07) is 2.29. The molecule has 1 aliphatic carbocycles.